The molecule has 1 N–H and O–H groups in total. The maximum atomic E-state index is 12.8. The predicted molar refractivity (Wildman–Crippen MR) is 108 cm³/mol. The van der Waals surface area contributed by atoms with Gasteiger partial charge in [-0.2, -0.15) is 23.3 Å². The quantitative estimate of drug-likeness (QED) is 0.640. The highest BCUT2D eigenvalue weighted by atomic mass is 32.1. The molecule has 1 aliphatic rings. The van der Waals surface area contributed by atoms with Gasteiger partial charge in [0.05, 0.1) is 25.5 Å². The molecular formula is C20H19F3N4O3S. The van der Waals surface area contributed by atoms with Crippen molar-refractivity contribution in [3.8, 4) is 5.75 Å². The van der Waals surface area contributed by atoms with Gasteiger partial charge in [-0.15, -0.1) is 11.3 Å². The number of halogens is 3. The van der Waals surface area contributed by atoms with E-state index < -0.39 is 22.8 Å². The Morgan fingerprint density at radius 2 is 2.10 bits per heavy atom. The number of thiophene rings is 1. The Bertz CT molecular complexity index is 1150. The molecule has 1 atom stereocenters. The fourth-order valence-corrected chi connectivity index (χ4v) is 4.27. The lowest BCUT2D eigenvalue weighted by Gasteiger charge is -2.33. The molecule has 11 heteroatoms. The van der Waals surface area contributed by atoms with Gasteiger partial charge in [-0.3, -0.25) is 0 Å². The van der Waals surface area contributed by atoms with Gasteiger partial charge in [-0.25, -0.2) is 9.48 Å². The predicted octanol–water partition coefficient (Wildman–Crippen LogP) is 3.22. The third kappa shape index (κ3) is 4.57. The smallest absolute Gasteiger partial charge is 0.425 e. The second-order valence-electron chi connectivity index (χ2n) is 7.01. The summed E-state index contributed by atoms with van der Waals surface area (Å²) >= 11 is 0.567. The summed E-state index contributed by atoms with van der Waals surface area (Å²) in [6.07, 6.45) is -3.83. The standard InChI is InChI=1S/C20H19F3N4O3S/c1-2-30-13-4-3-12-9-26(11-16(28)15(12)7-13)18-8-24-27(19(29)25-18)10-14-5-6-17(31-14)20(21,22)23/h3-8,16,28H,2,9-11H2,1H3. The number of nitrogens with zero attached hydrogens (tertiary/aromatic N) is 4. The van der Waals surface area contributed by atoms with Crippen molar-refractivity contribution in [3.05, 3.63) is 67.9 Å². The number of hydrogen-bond donors (Lipinski definition) is 1. The summed E-state index contributed by atoms with van der Waals surface area (Å²) in [6.45, 7) is 2.96. The van der Waals surface area contributed by atoms with E-state index in [1.165, 1.54) is 12.3 Å². The third-order valence-electron chi connectivity index (χ3n) is 4.86. The second kappa shape index (κ2) is 8.31. The Morgan fingerprint density at radius 1 is 1.29 bits per heavy atom. The molecule has 4 rings (SSSR count). The Kier molecular flexibility index (Phi) is 5.71. The van der Waals surface area contributed by atoms with E-state index >= 15 is 0 Å². The van der Waals surface area contributed by atoms with Crippen LogP contribution < -0.4 is 15.3 Å². The molecule has 3 heterocycles. The van der Waals surface area contributed by atoms with Gasteiger partial charge in [0.25, 0.3) is 0 Å². The molecule has 3 aromatic rings. The summed E-state index contributed by atoms with van der Waals surface area (Å²) in [4.78, 5) is 17.8. The van der Waals surface area contributed by atoms with E-state index in [1.807, 2.05) is 19.1 Å². The fourth-order valence-electron chi connectivity index (χ4n) is 3.41. The van der Waals surface area contributed by atoms with Crippen molar-refractivity contribution in [2.45, 2.75) is 32.3 Å². The number of alkyl halides is 3. The number of benzene rings is 1. The first-order chi connectivity index (χ1) is 14.7. The zero-order valence-corrected chi connectivity index (χ0v) is 17.3. The van der Waals surface area contributed by atoms with Crippen LogP contribution in [0.1, 0.15) is 33.9 Å². The molecule has 0 radical (unpaired) electrons. The van der Waals surface area contributed by atoms with E-state index in [9.17, 15) is 23.1 Å². The highest BCUT2D eigenvalue weighted by Gasteiger charge is 2.32. The molecule has 0 fully saturated rings. The van der Waals surface area contributed by atoms with Gasteiger partial charge in [-0.1, -0.05) is 6.07 Å². The van der Waals surface area contributed by atoms with Gasteiger partial charge >= 0.3 is 11.9 Å². The molecule has 31 heavy (non-hydrogen) atoms. The van der Waals surface area contributed by atoms with Crippen LogP contribution in [0.3, 0.4) is 0 Å². The number of rotatable bonds is 5. The summed E-state index contributed by atoms with van der Waals surface area (Å²) in [5, 5.41) is 14.6. The van der Waals surface area contributed by atoms with Gasteiger partial charge in [0.1, 0.15) is 10.6 Å². The molecule has 0 amide bonds. The van der Waals surface area contributed by atoms with E-state index in [-0.39, 0.29) is 13.1 Å². The van der Waals surface area contributed by atoms with Crippen LogP contribution in [0.4, 0.5) is 19.0 Å². The molecule has 2 aromatic heterocycles. The average molecular weight is 452 g/mol. The van der Waals surface area contributed by atoms with Crippen LogP contribution in [0.5, 0.6) is 5.75 Å². The molecule has 0 saturated carbocycles. The first-order valence-electron chi connectivity index (χ1n) is 9.53. The van der Waals surface area contributed by atoms with Crippen LogP contribution in [-0.4, -0.2) is 33.0 Å². The van der Waals surface area contributed by atoms with Gasteiger partial charge in [-0.05, 0) is 42.3 Å². The van der Waals surface area contributed by atoms with Crippen LogP contribution in [0.15, 0.2) is 41.3 Å². The van der Waals surface area contributed by atoms with E-state index in [4.69, 9.17) is 4.74 Å². The molecule has 164 valence electrons. The molecule has 0 spiro atoms. The van der Waals surface area contributed by atoms with Gasteiger partial charge in [0.15, 0.2) is 5.82 Å². The molecule has 0 bridgehead atoms. The Labute approximate surface area is 179 Å². The van der Waals surface area contributed by atoms with Crippen LogP contribution in [0.25, 0.3) is 0 Å². The Morgan fingerprint density at radius 3 is 2.77 bits per heavy atom. The number of hydrogen-bond acceptors (Lipinski definition) is 7. The third-order valence-corrected chi connectivity index (χ3v) is 5.97. The molecule has 0 saturated heterocycles. The van der Waals surface area contributed by atoms with Crippen molar-refractivity contribution in [1.82, 2.24) is 14.8 Å². The van der Waals surface area contributed by atoms with Crippen LogP contribution in [0.2, 0.25) is 0 Å². The highest BCUT2D eigenvalue weighted by molar-refractivity contribution is 7.12. The number of β-amino-alcohol motifs (C(OH)–C–C–N with tert-alkyl or cyclic N) is 1. The van der Waals surface area contributed by atoms with E-state index in [2.05, 4.69) is 10.1 Å². The molecule has 0 aliphatic carbocycles. The number of fused-ring (bicyclic) bond motifs is 1. The molecule has 1 aliphatic heterocycles. The number of aromatic nitrogens is 3. The summed E-state index contributed by atoms with van der Waals surface area (Å²) in [5.41, 5.74) is 0.972. The normalized spacial score (nSPS) is 16.3. The highest BCUT2D eigenvalue weighted by Crippen LogP contribution is 2.35. The monoisotopic (exact) mass is 452 g/mol. The fraction of sp³-hybridized carbons (Fsp3) is 0.350. The van der Waals surface area contributed by atoms with Crippen LogP contribution in [0, 0.1) is 0 Å². The molecular weight excluding hydrogens is 433 g/mol. The number of ether oxygens (including phenoxy) is 1. The molecule has 7 nitrogen and oxygen atoms in total. The van der Waals surface area contributed by atoms with Gasteiger partial charge in [0.2, 0.25) is 0 Å². The maximum absolute atomic E-state index is 12.8. The largest absolute Gasteiger partial charge is 0.494 e. The second-order valence-corrected chi connectivity index (χ2v) is 8.18. The van der Waals surface area contributed by atoms with Crippen molar-refractivity contribution < 1.29 is 23.0 Å². The summed E-state index contributed by atoms with van der Waals surface area (Å²) < 4.78 is 44.8. The van der Waals surface area contributed by atoms with E-state index in [0.29, 0.717) is 40.9 Å². The number of aliphatic hydroxyl groups is 1. The van der Waals surface area contributed by atoms with Crippen molar-refractivity contribution in [3.63, 3.8) is 0 Å². The summed E-state index contributed by atoms with van der Waals surface area (Å²) in [5.74, 6) is 0.973. The lowest BCUT2D eigenvalue weighted by atomic mass is 9.97. The molecule has 1 aromatic carbocycles. The summed E-state index contributed by atoms with van der Waals surface area (Å²) in [7, 11) is 0. The lowest BCUT2D eigenvalue weighted by Crippen LogP contribution is -2.36. The Hall–Kier alpha value is -2.92. The Balaban J connectivity index is 1.52. The minimum Gasteiger partial charge on any atom is -0.494 e. The number of anilines is 1. The zero-order valence-electron chi connectivity index (χ0n) is 16.5. The zero-order chi connectivity index (χ0) is 22.2. The van der Waals surface area contributed by atoms with E-state index in [1.54, 1.807) is 11.0 Å². The van der Waals surface area contributed by atoms with Gasteiger partial charge < -0.3 is 14.7 Å². The SMILES string of the molecule is CCOc1ccc2c(c1)C(O)CN(c1cnn(Cc3ccc(C(F)(F)F)s3)c(=O)n1)C2. The maximum Gasteiger partial charge on any atom is 0.425 e. The topological polar surface area (TPSA) is 80.5 Å². The van der Waals surface area contributed by atoms with Crippen molar-refractivity contribution in [2.24, 2.45) is 0 Å². The minimum absolute atomic E-state index is 0.0987. The molecule has 1 unspecified atom stereocenters. The first kappa shape index (κ1) is 21.3. The van der Waals surface area contributed by atoms with Crippen molar-refractivity contribution >= 4 is 17.2 Å². The lowest BCUT2D eigenvalue weighted by molar-refractivity contribution is -0.134. The van der Waals surface area contributed by atoms with Gasteiger partial charge in [0, 0.05) is 18.0 Å². The van der Waals surface area contributed by atoms with Crippen molar-refractivity contribution in [1.29, 1.82) is 0 Å². The summed E-state index contributed by atoms with van der Waals surface area (Å²) in [6, 6.07) is 7.79. The minimum atomic E-state index is -4.42. The van der Waals surface area contributed by atoms with Crippen LogP contribution >= 0.6 is 11.3 Å². The average Bonchev–Trinajstić information content (AvgIpc) is 3.19. The van der Waals surface area contributed by atoms with Crippen molar-refractivity contribution in [2.75, 3.05) is 18.1 Å². The van der Waals surface area contributed by atoms with Crippen LogP contribution in [-0.2, 0) is 19.3 Å². The number of aliphatic hydroxyl groups excluding tert-OH is 1. The first-order valence-corrected chi connectivity index (χ1v) is 10.3. The van der Waals surface area contributed by atoms with E-state index in [0.717, 1.165) is 21.9 Å².